The van der Waals surface area contributed by atoms with Gasteiger partial charge in [0.1, 0.15) is 0 Å². The zero-order chi connectivity index (χ0) is 13.0. The van der Waals surface area contributed by atoms with E-state index in [0.717, 1.165) is 5.56 Å². The summed E-state index contributed by atoms with van der Waals surface area (Å²) in [4.78, 5) is 13.5. The van der Waals surface area contributed by atoms with Crippen molar-refractivity contribution in [3.05, 3.63) is 33.8 Å². The van der Waals surface area contributed by atoms with Gasteiger partial charge in [-0.2, -0.15) is 11.8 Å². The number of halogens is 2. The van der Waals surface area contributed by atoms with Crippen molar-refractivity contribution in [2.24, 2.45) is 0 Å². The number of nitrogens with zero attached hydrogens (tertiary/aromatic N) is 1. The lowest BCUT2D eigenvalue weighted by Gasteiger charge is -2.26. The van der Waals surface area contributed by atoms with E-state index >= 15 is 0 Å². The summed E-state index contributed by atoms with van der Waals surface area (Å²) < 4.78 is 0. The van der Waals surface area contributed by atoms with Gasteiger partial charge in [-0.15, -0.1) is 0 Å². The first-order chi connectivity index (χ1) is 7.97. The molecular formula is C12H15Cl2NOS. The lowest BCUT2D eigenvalue weighted by molar-refractivity contribution is -0.128. The van der Waals surface area contributed by atoms with Crippen LogP contribution in [0.25, 0.3) is 0 Å². The first-order valence-electron chi connectivity index (χ1n) is 5.17. The van der Waals surface area contributed by atoms with Crippen LogP contribution in [0.15, 0.2) is 18.2 Å². The maximum absolute atomic E-state index is 11.8. The molecule has 94 valence electrons. The van der Waals surface area contributed by atoms with Crippen molar-refractivity contribution < 1.29 is 4.79 Å². The number of hydrogen-bond acceptors (Lipinski definition) is 2. The first kappa shape index (κ1) is 14.7. The number of amides is 1. The Hall–Kier alpha value is -0.380. The molecular weight excluding hydrogens is 277 g/mol. The molecule has 2 nitrogen and oxygen atoms in total. The van der Waals surface area contributed by atoms with Crippen LogP contribution in [0.5, 0.6) is 0 Å². The molecule has 1 amide bonds. The van der Waals surface area contributed by atoms with Gasteiger partial charge in [0.15, 0.2) is 0 Å². The van der Waals surface area contributed by atoms with Crippen LogP contribution in [0.3, 0.4) is 0 Å². The molecule has 0 saturated carbocycles. The molecule has 0 aliphatic carbocycles. The average molecular weight is 292 g/mol. The van der Waals surface area contributed by atoms with E-state index in [1.165, 1.54) is 11.8 Å². The predicted octanol–water partition coefficient (Wildman–Crippen LogP) is 3.88. The molecule has 1 atom stereocenters. The van der Waals surface area contributed by atoms with Crippen LogP contribution in [-0.4, -0.2) is 29.9 Å². The van der Waals surface area contributed by atoms with Crippen molar-refractivity contribution in [1.29, 1.82) is 0 Å². The van der Waals surface area contributed by atoms with Crippen molar-refractivity contribution >= 4 is 40.9 Å². The number of rotatable bonds is 4. The number of carbonyl (C=O) groups excluding carboxylic acids is 1. The SMILES string of the molecule is CSCC(=O)N(C)C(C)c1ccc(Cl)cc1Cl. The standard InChI is InChI=1S/C12H15Cl2NOS/c1-8(15(2)12(16)7-17-3)10-5-4-9(13)6-11(10)14/h4-6,8H,7H2,1-3H3. The van der Waals surface area contributed by atoms with Crippen LogP contribution in [0.4, 0.5) is 0 Å². The average Bonchev–Trinajstić information content (AvgIpc) is 2.27. The summed E-state index contributed by atoms with van der Waals surface area (Å²) in [5, 5.41) is 1.19. The van der Waals surface area contributed by atoms with Gasteiger partial charge >= 0.3 is 0 Å². The zero-order valence-electron chi connectivity index (χ0n) is 10.0. The summed E-state index contributed by atoms with van der Waals surface area (Å²) in [6.07, 6.45) is 1.91. The summed E-state index contributed by atoms with van der Waals surface area (Å²) in [7, 11) is 1.79. The molecule has 1 aromatic carbocycles. The molecule has 0 aliphatic heterocycles. The Balaban J connectivity index is 2.88. The Bertz CT molecular complexity index is 411. The predicted molar refractivity (Wildman–Crippen MR) is 76.0 cm³/mol. The number of carbonyl (C=O) groups is 1. The summed E-state index contributed by atoms with van der Waals surface area (Å²) in [6.45, 7) is 1.95. The van der Waals surface area contributed by atoms with Crippen molar-refractivity contribution in [2.45, 2.75) is 13.0 Å². The molecule has 0 N–H and O–H groups in total. The van der Waals surface area contributed by atoms with Crippen LogP contribution in [0.1, 0.15) is 18.5 Å². The highest BCUT2D eigenvalue weighted by atomic mass is 35.5. The van der Waals surface area contributed by atoms with Gasteiger partial charge in [-0.05, 0) is 30.9 Å². The minimum atomic E-state index is -0.0561. The number of thioether (sulfide) groups is 1. The lowest BCUT2D eigenvalue weighted by Crippen LogP contribution is -2.31. The molecule has 0 spiro atoms. The third kappa shape index (κ3) is 3.80. The smallest absolute Gasteiger partial charge is 0.232 e. The second-order valence-electron chi connectivity index (χ2n) is 3.78. The van der Waals surface area contributed by atoms with Crippen LogP contribution >= 0.6 is 35.0 Å². The highest BCUT2D eigenvalue weighted by molar-refractivity contribution is 7.99. The Morgan fingerprint density at radius 1 is 1.47 bits per heavy atom. The minimum Gasteiger partial charge on any atom is -0.338 e. The van der Waals surface area contributed by atoms with Crippen LogP contribution in [0, 0.1) is 0 Å². The second-order valence-corrected chi connectivity index (χ2v) is 5.49. The van der Waals surface area contributed by atoms with Gasteiger partial charge < -0.3 is 4.90 Å². The van der Waals surface area contributed by atoms with Crippen LogP contribution in [0.2, 0.25) is 10.0 Å². The fraction of sp³-hybridized carbons (Fsp3) is 0.417. The van der Waals surface area contributed by atoms with Gasteiger partial charge in [0, 0.05) is 17.1 Å². The third-order valence-corrected chi connectivity index (χ3v) is 3.75. The quantitative estimate of drug-likeness (QED) is 0.839. The molecule has 1 unspecified atom stereocenters. The maximum Gasteiger partial charge on any atom is 0.232 e. The van der Waals surface area contributed by atoms with Crippen molar-refractivity contribution in [2.75, 3.05) is 19.1 Å². The van der Waals surface area contributed by atoms with Crippen LogP contribution < -0.4 is 0 Å². The van der Waals surface area contributed by atoms with Gasteiger partial charge in [0.25, 0.3) is 0 Å². The molecule has 0 fully saturated rings. The van der Waals surface area contributed by atoms with Gasteiger partial charge in [0.05, 0.1) is 11.8 Å². The van der Waals surface area contributed by atoms with E-state index in [4.69, 9.17) is 23.2 Å². The van der Waals surface area contributed by atoms with Gasteiger partial charge in [-0.3, -0.25) is 4.79 Å². The fourth-order valence-corrected chi connectivity index (χ4v) is 2.51. The summed E-state index contributed by atoms with van der Waals surface area (Å²) in [5.74, 6) is 0.572. The third-order valence-electron chi connectivity index (χ3n) is 2.65. The van der Waals surface area contributed by atoms with Crippen LogP contribution in [-0.2, 0) is 4.79 Å². The van der Waals surface area contributed by atoms with Gasteiger partial charge in [-0.1, -0.05) is 29.3 Å². The molecule has 0 aromatic heterocycles. The highest BCUT2D eigenvalue weighted by Gasteiger charge is 2.18. The van der Waals surface area contributed by atoms with E-state index in [0.29, 0.717) is 15.8 Å². The molecule has 5 heteroatoms. The minimum absolute atomic E-state index is 0.0561. The summed E-state index contributed by atoms with van der Waals surface area (Å²) >= 11 is 13.5. The van der Waals surface area contributed by atoms with Crippen molar-refractivity contribution in [1.82, 2.24) is 4.90 Å². The molecule has 1 rings (SSSR count). The molecule has 0 aliphatic rings. The van der Waals surface area contributed by atoms with Gasteiger partial charge in [0.2, 0.25) is 5.91 Å². The fourth-order valence-electron chi connectivity index (χ4n) is 1.49. The lowest BCUT2D eigenvalue weighted by atomic mass is 10.1. The van der Waals surface area contributed by atoms with E-state index in [9.17, 15) is 4.79 Å². The Morgan fingerprint density at radius 2 is 2.12 bits per heavy atom. The molecule has 0 saturated heterocycles. The topological polar surface area (TPSA) is 20.3 Å². The zero-order valence-corrected chi connectivity index (χ0v) is 12.4. The Labute approximate surface area is 116 Å². The summed E-state index contributed by atoms with van der Waals surface area (Å²) in [5.41, 5.74) is 0.910. The Kier molecular flexibility index (Phi) is 5.63. The monoisotopic (exact) mass is 291 g/mol. The van der Waals surface area contributed by atoms with Crippen molar-refractivity contribution in [3.63, 3.8) is 0 Å². The molecule has 0 heterocycles. The van der Waals surface area contributed by atoms with E-state index in [1.54, 1.807) is 24.1 Å². The molecule has 1 aromatic rings. The molecule has 0 radical (unpaired) electrons. The van der Waals surface area contributed by atoms with E-state index in [1.807, 2.05) is 19.2 Å². The van der Waals surface area contributed by atoms with Crippen molar-refractivity contribution in [3.8, 4) is 0 Å². The maximum atomic E-state index is 11.8. The molecule has 17 heavy (non-hydrogen) atoms. The first-order valence-corrected chi connectivity index (χ1v) is 7.32. The second kappa shape index (κ2) is 6.53. The number of benzene rings is 1. The Morgan fingerprint density at radius 3 is 2.65 bits per heavy atom. The number of hydrogen-bond donors (Lipinski definition) is 0. The van der Waals surface area contributed by atoms with Gasteiger partial charge in [-0.25, -0.2) is 0 Å². The van der Waals surface area contributed by atoms with E-state index < -0.39 is 0 Å². The highest BCUT2D eigenvalue weighted by Crippen LogP contribution is 2.29. The van der Waals surface area contributed by atoms with E-state index in [2.05, 4.69) is 0 Å². The van der Waals surface area contributed by atoms with E-state index in [-0.39, 0.29) is 11.9 Å². The normalized spacial score (nSPS) is 12.3. The largest absolute Gasteiger partial charge is 0.338 e. The molecule has 0 bridgehead atoms. The summed E-state index contributed by atoms with van der Waals surface area (Å²) in [6, 6.07) is 5.28.